The van der Waals surface area contributed by atoms with E-state index in [0.29, 0.717) is 0 Å². The average molecular weight is 242 g/mol. The molecular weight excluding hydrogens is 231 g/mol. The Hall–Kier alpha value is -1.69. The van der Waals surface area contributed by atoms with Crippen molar-refractivity contribution in [3.63, 3.8) is 0 Å². The molecule has 0 aromatic heterocycles. The standard InChI is InChI=1S/C10H11FN2O2S/c1-13(5-9(12)16)10(15)7-4-6(11)2-3-8(7)14/h2-4,14H,5H2,1H3,(H2,12,16). The molecule has 0 spiro atoms. The summed E-state index contributed by atoms with van der Waals surface area (Å²) in [6.45, 7) is 0.0735. The summed E-state index contributed by atoms with van der Waals surface area (Å²) < 4.78 is 12.9. The van der Waals surface area contributed by atoms with E-state index in [-0.39, 0.29) is 22.8 Å². The molecule has 0 radical (unpaired) electrons. The lowest BCUT2D eigenvalue weighted by molar-refractivity contribution is 0.0811. The zero-order valence-electron chi connectivity index (χ0n) is 8.61. The van der Waals surface area contributed by atoms with Crippen molar-refractivity contribution in [2.75, 3.05) is 13.6 Å². The normalized spacial score (nSPS) is 9.88. The average Bonchev–Trinajstić information content (AvgIpc) is 2.19. The van der Waals surface area contributed by atoms with Gasteiger partial charge < -0.3 is 15.7 Å². The first kappa shape index (κ1) is 12.4. The van der Waals surface area contributed by atoms with Gasteiger partial charge in [0, 0.05) is 7.05 Å². The molecule has 0 bridgehead atoms. The number of hydrogen-bond acceptors (Lipinski definition) is 3. The molecule has 1 amide bonds. The fourth-order valence-electron chi connectivity index (χ4n) is 1.19. The monoisotopic (exact) mass is 242 g/mol. The highest BCUT2D eigenvalue weighted by Crippen LogP contribution is 2.19. The SMILES string of the molecule is CN(CC(N)=S)C(=O)c1cc(F)ccc1O. The Balaban J connectivity index is 2.95. The second-order valence-corrected chi connectivity index (χ2v) is 3.81. The van der Waals surface area contributed by atoms with E-state index in [2.05, 4.69) is 12.2 Å². The summed E-state index contributed by atoms with van der Waals surface area (Å²) in [6, 6.07) is 3.16. The fourth-order valence-corrected chi connectivity index (χ4v) is 1.38. The summed E-state index contributed by atoms with van der Waals surface area (Å²) in [5.74, 6) is -1.41. The first-order valence-corrected chi connectivity index (χ1v) is 4.85. The smallest absolute Gasteiger partial charge is 0.257 e. The number of benzene rings is 1. The molecule has 0 aliphatic carbocycles. The molecule has 0 saturated heterocycles. The number of nitrogens with zero attached hydrogens (tertiary/aromatic N) is 1. The van der Waals surface area contributed by atoms with E-state index in [1.54, 1.807) is 0 Å². The number of likely N-dealkylation sites (N-methyl/N-ethyl adjacent to an activating group) is 1. The maximum atomic E-state index is 12.9. The maximum Gasteiger partial charge on any atom is 0.257 e. The van der Waals surface area contributed by atoms with Crippen molar-refractivity contribution in [1.82, 2.24) is 4.90 Å². The van der Waals surface area contributed by atoms with Crippen LogP contribution < -0.4 is 5.73 Å². The van der Waals surface area contributed by atoms with Crippen LogP contribution in [0.1, 0.15) is 10.4 Å². The van der Waals surface area contributed by atoms with Gasteiger partial charge >= 0.3 is 0 Å². The Morgan fingerprint density at radius 1 is 1.62 bits per heavy atom. The lowest BCUT2D eigenvalue weighted by atomic mass is 10.1. The van der Waals surface area contributed by atoms with Gasteiger partial charge in [0.25, 0.3) is 5.91 Å². The number of hydrogen-bond donors (Lipinski definition) is 2. The van der Waals surface area contributed by atoms with Gasteiger partial charge in [0.05, 0.1) is 17.1 Å². The maximum absolute atomic E-state index is 12.9. The molecule has 0 heterocycles. The zero-order valence-corrected chi connectivity index (χ0v) is 9.42. The minimum Gasteiger partial charge on any atom is -0.507 e. The fraction of sp³-hybridized carbons (Fsp3) is 0.200. The molecule has 3 N–H and O–H groups in total. The summed E-state index contributed by atoms with van der Waals surface area (Å²) in [6.07, 6.45) is 0. The van der Waals surface area contributed by atoms with Crippen molar-refractivity contribution in [1.29, 1.82) is 0 Å². The van der Waals surface area contributed by atoms with Crippen molar-refractivity contribution >= 4 is 23.1 Å². The van der Waals surface area contributed by atoms with Gasteiger partial charge in [-0.25, -0.2) is 4.39 Å². The third-order valence-electron chi connectivity index (χ3n) is 1.93. The number of nitrogens with two attached hydrogens (primary N) is 1. The van der Waals surface area contributed by atoms with Crippen LogP contribution in [0.5, 0.6) is 5.75 Å². The number of carbonyl (C=O) groups excluding carboxylic acids is 1. The summed E-state index contributed by atoms with van der Waals surface area (Å²) in [4.78, 5) is 13.1. The van der Waals surface area contributed by atoms with Crippen molar-refractivity contribution in [2.45, 2.75) is 0 Å². The summed E-state index contributed by atoms with van der Waals surface area (Å²) >= 11 is 4.65. The molecule has 0 unspecified atom stereocenters. The molecule has 0 aliphatic heterocycles. The van der Waals surface area contributed by atoms with Crippen molar-refractivity contribution in [3.8, 4) is 5.75 Å². The van der Waals surface area contributed by atoms with Gasteiger partial charge in [0.1, 0.15) is 11.6 Å². The molecule has 1 rings (SSSR count). The number of phenolic OH excluding ortho intramolecular Hbond substituents is 1. The summed E-state index contributed by atoms with van der Waals surface area (Å²) in [5, 5.41) is 9.41. The molecule has 0 atom stereocenters. The van der Waals surface area contributed by atoms with Crippen LogP contribution in [-0.4, -0.2) is 34.5 Å². The van der Waals surface area contributed by atoms with Crippen molar-refractivity contribution < 1.29 is 14.3 Å². The zero-order chi connectivity index (χ0) is 12.3. The van der Waals surface area contributed by atoms with Crippen LogP contribution >= 0.6 is 12.2 Å². The van der Waals surface area contributed by atoms with Gasteiger partial charge in [0.2, 0.25) is 0 Å². The van der Waals surface area contributed by atoms with E-state index in [0.717, 1.165) is 18.2 Å². The summed E-state index contributed by atoms with van der Waals surface area (Å²) in [7, 11) is 1.46. The Bertz CT molecular complexity index is 437. The first-order chi connectivity index (χ1) is 7.41. The molecule has 1 aromatic carbocycles. The van der Waals surface area contributed by atoms with E-state index in [1.165, 1.54) is 11.9 Å². The van der Waals surface area contributed by atoms with Gasteiger partial charge in [-0.05, 0) is 18.2 Å². The minimum absolute atomic E-state index is 0.0735. The molecular formula is C10H11FN2O2S. The van der Waals surface area contributed by atoms with E-state index >= 15 is 0 Å². The molecule has 0 saturated carbocycles. The molecule has 86 valence electrons. The van der Waals surface area contributed by atoms with Gasteiger partial charge in [-0.15, -0.1) is 0 Å². The van der Waals surface area contributed by atoms with Gasteiger partial charge in [-0.3, -0.25) is 4.79 Å². The third kappa shape index (κ3) is 2.90. The largest absolute Gasteiger partial charge is 0.507 e. The predicted octanol–water partition coefficient (Wildman–Crippen LogP) is 0.889. The van der Waals surface area contributed by atoms with Crippen molar-refractivity contribution in [3.05, 3.63) is 29.6 Å². The highest BCUT2D eigenvalue weighted by molar-refractivity contribution is 7.80. The van der Waals surface area contributed by atoms with Gasteiger partial charge in [0.15, 0.2) is 0 Å². The Kier molecular flexibility index (Phi) is 3.78. The van der Waals surface area contributed by atoms with Gasteiger partial charge in [-0.2, -0.15) is 0 Å². The van der Waals surface area contributed by atoms with Crippen LogP contribution in [0.25, 0.3) is 0 Å². The van der Waals surface area contributed by atoms with Crippen molar-refractivity contribution in [2.24, 2.45) is 5.73 Å². The number of rotatable bonds is 3. The predicted molar refractivity (Wildman–Crippen MR) is 61.8 cm³/mol. The highest BCUT2D eigenvalue weighted by atomic mass is 32.1. The van der Waals surface area contributed by atoms with Crippen LogP contribution in [-0.2, 0) is 0 Å². The van der Waals surface area contributed by atoms with Crippen LogP contribution in [0.3, 0.4) is 0 Å². The molecule has 0 fully saturated rings. The number of thiocarbonyl (C=S) groups is 1. The summed E-state index contributed by atoms with van der Waals surface area (Å²) in [5.41, 5.74) is 5.17. The third-order valence-corrected chi connectivity index (χ3v) is 2.06. The van der Waals surface area contributed by atoms with Crippen LogP contribution in [0.15, 0.2) is 18.2 Å². The number of carbonyl (C=O) groups is 1. The van der Waals surface area contributed by atoms with Crippen LogP contribution in [0, 0.1) is 5.82 Å². The number of amides is 1. The Morgan fingerprint density at radius 3 is 2.81 bits per heavy atom. The highest BCUT2D eigenvalue weighted by Gasteiger charge is 2.16. The van der Waals surface area contributed by atoms with E-state index in [9.17, 15) is 14.3 Å². The number of halogens is 1. The number of phenols is 1. The quantitative estimate of drug-likeness (QED) is 0.772. The lowest BCUT2D eigenvalue weighted by Crippen LogP contribution is -2.34. The minimum atomic E-state index is -0.593. The second-order valence-electron chi connectivity index (χ2n) is 3.29. The lowest BCUT2D eigenvalue weighted by Gasteiger charge is -2.16. The topological polar surface area (TPSA) is 66.6 Å². The van der Waals surface area contributed by atoms with Gasteiger partial charge in [-0.1, -0.05) is 12.2 Å². The number of aromatic hydroxyl groups is 1. The molecule has 4 nitrogen and oxygen atoms in total. The van der Waals surface area contributed by atoms with E-state index in [4.69, 9.17) is 5.73 Å². The van der Waals surface area contributed by atoms with Crippen LogP contribution in [0.4, 0.5) is 4.39 Å². The second kappa shape index (κ2) is 4.89. The van der Waals surface area contributed by atoms with E-state index in [1.807, 2.05) is 0 Å². The molecule has 1 aromatic rings. The molecule has 16 heavy (non-hydrogen) atoms. The Labute approximate surface area is 97.5 Å². The van der Waals surface area contributed by atoms with Crippen LogP contribution in [0.2, 0.25) is 0 Å². The molecule has 0 aliphatic rings. The van der Waals surface area contributed by atoms with E-state index < -0.39 is 11.7 Å². The molecule has 6 heteroatoms. The Morgan fingerprint density at radius 2 is 2.25 bits per heavy atom. The first-order valence-electron chi connectivity index (χ1n) is 4.44.